The van der Waals surface area contributed by atoms with E-state index in [0.29, 0.717) is 6.61 Å². The Bertz CT molecular complexity index is 56.4. The molecule has 0 aliphatic heterocycles. The van der Waals surface area contributed by atoms with Crippen molar-refractivity contribution in [2.45, 2.75) is 13.8 Å². The second kappa shape index (κ2) is 9.90. The van der Waals surface area contributed by atoms with Crippen LogP contribution in [0.1, 0.15) is 13.8 Å². The minimum atomic E-state index is 0. The van der Waals surface area contributed by atoms with Gasteiger partial charge in [0.2, 0.25) is 0 Å². The van der Waals surface area contributed by atoms with Crippen LogP contribution in [0.5, 0.6) is 0 Å². The molecule has 50 valence electrons. The smallest absolute Gasteiger partial charge is 0.169 e. The van der Waals surface area contributed by atoms with Crippen LogP contribution in [0.3, 0.4) is 0 Å². The number of ether oxygens (including phenoxy) is 1. The predicted molar refractivity (Wildman–Crippen MR) is 37.9 cm³/mol. The average Bonchev–Trinajstić information content (AvgIpc) is 1.69. The van der Waals surface area contributed by atoms with Crippen LogP contribution in [0.15, 0.2) is 4.99 Å². The zero-order valence-corrected chi connectivity index (χ0v) is 6.07. The fourth-order valence-corrected chi connectivity index (χ4v) is 0.202. The van der Waals surface area contributed by atoms with Crippen molar-refractivity contribution >= 4 is 18.8 Å². The highest BCUT2D eigenvalue weighted by Gasteiger charge is 1.65. The minimum Gasteiger partial charge on any atom is -0.484 e. The highest BCUT2D eigenvalue weighted by molar-refractivity contribution is 5.85. The summed E-state index contributed by atoms with van der Waals surface area (Å²) in [6.45, 7) is 5.42. The Kier molecular flexibility index (Phi) is 13.2. The molecule has 0 amide bonds. The number of nitrogens with zero attached hydrogens (tertiary/aromatic N) is 1. The third kappa shape index (κ3) is 9.23. The Hall–Kier alpha value is -0.240. The van der Waals surface area contributed by atoms with Crippen molar-refractivity contribution in [3.63, 3.8) is 0 Å². The number of aliphatic imine (C=N–C) groups is 1. The van der Waals surface area contributed by atoms with Gasteiger partial charge in [-0.05, 0) is 13.8 Å². The quantitative estimate of drug-likeness (QED) is 0.427. The van der Waals surface area contributed by atoms with Crippen molar-refractivity contribution in [3.05, 3.63) is 0 Å². The summed E-state index contributed by atoms with van der Waals surface area (Å²) in [7, 11) is 0. The van der Waals surface area contributed by atoms with Gasteiger partial charge in [-0.3, -0.25) is 4.99 Å². The zero-order valence-electron chi connectivity index (χ0n) is 5.26. The van der Waals surface area contributed by atoms with Crippen LogP contribution < -0.4 is 0 Å². The summed E-state index contributed by atoms with van der Waals surface area (Å²) in [5.41, 5.74) is 0. The summed E-state index contributed by atoms with van der Waals surface area (Å²) in [6.07, 6.45) is 1.49. The van der Waals surface area contributed by atoms with Gasteiger partial charge in [0.25, 0.3) is 0 Å². The van der Waals surface area contributed by atoms with E-state index in [1.165, 1.54) is 6.40 Å². The molecule has 0 aromatic heterocycles. The maximum Gasteiger partial charge on any atom is 0.169 e. The number of halogens is 1. The molecule has 0 atom stereocenters. The lowest BCUT2D eigenvalue weighted by atomic mass is 10.8. The second-order valence-electron chi connectivity index (χ2n) is 1.06. The van der Waals surface area contributed by atoms with Crippen LogP contribution in [-0.4, -0.2) is 19.6 Å². The van der Waals surface area contributed by atoms with Gasteiger partial charge in [0.05, 0.1) is 6.61 Å². The van der Waals surface area contributed by atoms with Crippen LogP contribution in [0.2, 0.25) is 0 Å². The summed E-state index contributed by atoms with van der Waals surface area (Å²) in [6, 6.07) is 0. The molecule has 0 heterocycles. The molecule has 0 N–H and O–H groups in total. The van der Waals surface area contributed by atoms with E-state index in [1.807, 2.05) is 13.8 Å². The fourth-order valence-electron chi connectivity index (χ4n) is 0.202. The summed E-state index contributed by atoms with van der Waals surface area (Å²) in [4.78, 5) is 3.81. The monoisotopic (exact) mass is 137 g/mol. The first-order chi connectivity index (χ1) is 3.41. The summed E-state index contributed by atoms with van der Waals surface area (Å²) in [5, 5.41) is 0. The van der Waals surface area contributed by atoms with Crippen molar-refractivity contribution in [1.82, 2.24) is 0 Å². The normalized spacial score (nSPS) is 8.75. The summed E-state index contributed by atoms with van der Waals surface area (Å²) in [5.74, 6) is 0. The van der Waals surface area contributed by atoms with Gasteiger partial charge in [0, 0.05) is 6.54 Å². The molecule has 0 aliphatic rings. The van der Waals surface area contributed by atoms with E-state index in [2.05, 4.69) is 4.99 Å². The highest BCUT2D eigenvalue weighted by atomic mass is 35.5. The molecule has 0 unspecified atom stereocenters. The number of rotatable bonds is 3. The predicted octanol–water partition coefficient (Wildman–Crippen LogP) is 1.49. The van der Waals surface area contributed by atoms with Crippen molar-refractivity contribution in [3.8, 4) is 0 Å². The number of hydrogen-bond acceptors (Lipinski definition) is 2. The largest absolute Gasteiger partial charge is 0.484 e. The molecule has 2 nitrogen and oxygen atoms in total. The summed E-state index contributed by atoms with van der Waals surface area (Å²) < 4.78 is 4.78. The lowest BCUT2D eigenvalue weighted by Crippen LogP contribution is -1.84. The third-order valence-electron chi connectivity index (χ3n) is 0.498. The SMILES string of the molecule is CCN=COCC.Cl. The molecular weight excluding hydrogens is 126 g/mol. The van der Waals surface area contributed by atoms with E-state index < -0.39 is 0 Å². The Morgan fingerprint density at radius 3 is 2.50 bits per heavy atom. The first kappa shape index (κ1) is 10.7. The molecule has 8 heavy (non-hydrogen) atoms. The summed E-state index contributed by atoms with van der Waals surface area (Å²) >= 11 is 0. The molecular formula is C5H12ClNO. The van der Waals surface area contributed by atoms with Crippen molar-refractivity contribution in [2.75, 3.05) is 13.2 Å². The molecule has 0 aromatic rings. The van der Waals surface area contributed by atoms with Crippen LogP contribution in [0, 0.1) is 0 Å². The van der Waals surface area contributed by atoms with Gasteiger partial charge in [0.15, 0.2) is 6.40 Å². The van der Waals surface area contributed by atoms with E-state index in [0.717, 1.165) is 6.54 Å². The first-order valence-corrected chi connectivity index (χ1v) is 2.51. The van der Waals surface area contributed by atoms with Crippen molar-refractivity contribution in [1.29, 1.82) is 0 Å². The molecule has 0 aromatic carbocycles. The molecule has 0 bridgehead atoms. The third-order valence-corrected chi connectivity index (χ3v) is 0.498. The number of hydrogen-bond donors (Lipinski definition) is 0. The molecule has 0 fully saturated rings. The molecule has 0 radical (unpaired) electrons. The lowest BCUT2D eigenvalue weighted by molar-refractivity contribution is 0.342. The van der Waals surface area contributed by atoms with Gasteiger partial charge in [0.1, 0.15) is 0 Å². The molecule has 3 heteroatoms. The van der Waals surface area contributed by atoms with E-state index in [4.69, 9.17) is 4.74 Å². The van der Waals surface area contributed by atoms with Gasteiger partial charge < -0.3 is 4.74 Å². The Labute approximate surface area is 56.4 Å². The van der Waals surface area contributed by atoms with Gasteiger partial charge in [-0.25, -0.2) is 0 Å². The van der Waals surface area contributed by atoms with E-state index in [1.54, 1.807) is 0 Å². The van der Waals surface area contributed by atoms with Gasteiger partial charge in [-0.15, -0.1) is 12.4 Å². The van der Waals surface area contributed by atoms with Crippen LogP contribution in [-0.2, 0) is 4.74 Å². The first-order valence-electron chi connectivity index (χ1n) is 2.51. The van der Waals surface area contributed by atoms with Crippen LogP contribution in [0.4, 0.5) is 0 Å². The van der Waals surface area contributed by atoms with Gasteiger partial charge in [-0.2, -0.15) is 0 Å². The lowest BCUT2D eigenvalue weighted by Gasteiger charge is -1.87. The second-order valence-corrected chi connectivity index (χ2v) is 1.06. The highest BCUT2D eigenvalue weighted by Crippen LogP contribution is 1.66. The molecule has 0 rings (SSSR count). The van der Waals surface area contributed by atoms with Crippen LogP contribution >= 0.6 is 12.4 Å². The van der Waals surface area contributed by atoms with Crippen LogP contribution in [0.25, 0.3) is 0 Å². The molecule has 0 aliphatic carbocycles. The van der Waals surface area contributed by atoms with Crippen molar-refractivity contribution in [2.24, 2.45) is 4.99 Å². The Morgan fingerprint density at radius 1 is 1.50 bits per heavy atom. The van der Waals surface area contributed by atoms with Crippen molar-refractivity contribution < 1.29 is 4.74 Å². The van der Waals surface area contributed by atoms with Gasteiger partial charge in [-0.1, -0.05) is 0 Å². The van der Waals surface area contributed by atoms with Gasteiger partial charge >= 0.3 is 0 Å². The zero-order chi connectivity index (χ0) is 5.54. The van der Waals surface area contributed by atoms with E-state index in [-0.39, 0.29) is 12.4 Å². The maximum atomic E-state index is 4.78. The Morgan fingerprint density at radius 2 is 2.12 bits per heavy atom. The van der Waals surface area contributed by atoms with E-state index >= 15 is 0 Å². The average molecular weight is 138 g/mol. The topological polar surface area (TPSA) is 21.6 Å². The maximum absolute atomic E-state index is 4.78. The molecule has 0 saturated heterocycles. The minimum absolute atomic E-state index is 0. The Balaban J connectivity index is 0. The van der Waals surface area contributed by atoms with E-state index in [9.17, 15) is 0 Å². The molecule has 0 spiro atoms. The fraction of sp³-hybridized carbons (Fsp3) is 0.800. The standard InChI is InChI=1S/C5H11NO.ClH/c1-3-6-5-7-4-2;/h5H,3-4H2,1-2H3;1H. The molecule has 0 saturated carbocycles.